The fourth-order valence-electron chi connectivity index (χ4n) is 1.19. The Labute approximate surface area is 109 Å². The highest BCUT2D eigenvalue weighted by molar-refractivity contribution is 7.90. The van der Waals surface area contributed by atoms with Crippen molar-refractivity contribution >= 4 is 15.9 Å². The molecule has 0 aromatic heterocycles. The molecule has 0 fully saturated rings. The van der Waals surface area contributed by atoms with Gasteiger partial charge in [0, 0.05) is 0 Å². The van der Waals surface area contributed by atoms with Gasteiger partial charge in [-0.25, -0.2) is 13.1 Å². The van der Waals surface area contributed by atoms with Crippen LogP contribution in [0.3, 0.4) is 0 Å². The lowest BCUT2D eigenvalue weighted by molar-refractivity contribution is -0.757. The molecule has 0 heterocycles. The van der Waals surface area contributed by atoms with Crippen LogP contribution in [0.5, 0.6) is 0 Å². The number of nitrogens with one attached hydrogen (secondary N) is 1. The lowest BCUT2D eigenvalue weighted by Crippen LogP contribution is -2.31. The fraction of sp³-hybridized carbons (Fsp3) is 0.300. The van der Waals surface area contributed by atoms with Gasteiger partial charge < -0.3 is 4.84 Å². The minimum atomic E-state index is -3.95. The number of rotatable bonds is 6. The van der Waals surface area contributed by atoms with Crippen molar-refractivity contribution in [1.82, 2.24) is 4.72 Å². The van der Waals surface area contributed by atoms with Crippen LogP contribution < -0.4 is 4.72 Å². The molecule has 0 atom stereocenters. The summed E-state index contributed by atoms with van der Waals surface area (Å²) in [6, 6.07) is 5.90. The van der Waals surface area contributed by atoms with E-state index in [4.69, 9.17) is 0 Å². The zero-order chi connectivity index (χ0) is 14.5. The van der Waals surface area contributed by atoms with Gasteiger partial charge in [0.05, 0.1) is 11.3 Å². The van der Waals surface area contributed by atoms with Crippen LogP contribution in [-0.2, 0) is 19.7 Å². The van der Waals surface area contributed by atoms with Gasteiger partial charge in [-0.1, -0.05) is 17.7 Å². The van der Waals surface area contributed by atoms with Gasteiger partial charge in [-0.3, -0.25) is 4.79 Å². The number of benzene rings is 1. The highest BCUT2D eigenvalue weighted by atomic mass is 32.2. The van der Waals surface area contributed by atoms with E-state index in [2.05, 4.69) is 4.84 Å². The molecule has 9 heteroatoms. The molecule has 19 heavy (non-hydrogen) atoms. The Kier molecular flexibility index (Phi) is 4.81. The van der Waals surface area contributed by atoms with Crippen LogP contribution >= 0.6 is 0 Å². The number of amides is 1. The first-order chi connectivity index (χ1) is 8.81. The molecule has 104 valence electrons. The maximum Gasteiger partial charge on any atom is 0.294 e. The van der Waals surface area contributed by atoms with Gasteiger partial charge in [0.1, 0.15) is 6.61 Å². The Morgan fingerprint density at radius 3 is 2.47 bits per heavy atom. The van der Waals surface area contributed by atoms with E-state index in [1.54, 1.807) is 23.8 Å². The molecule has 8 nitrogen and oxygen atoms in total. The molecule has 0 aliphatic carbocycles. The Balaban J connectivity index is 2.62. The molecule has 1 aromatic carbocycles. The molecule has 0 aliphatic heterocycles. The molecular formula is C10H12N2O6S. The third-order valence-electron chi connectivity index (χ3n) is 2.11. The quantitative estimate of drug-likeness (QED) is 0.598. The van der Waals surface area contributed by atoms with E-state index in [0.29, 0.717) is 0 Å². The predicted octanol–water partition coefficient (Wildman–Crippen LogP) is 0.398. The molecule has 1 amide bonds. The van der Waals surface area contributed by atoms with Gasteiger partial charge in [-0.15, -0.1) is 10.1 Å². The molecular weight excluding hydrogens is 276 g/mol. The van der Waals surface area contributed by atoms with Crippen molar-refractivity contribution in [3.8, 4) is 0 Å². The summed E-state index contributed by atoms with van der Waals surface area (Å²) in [5.74, 6) is -0.873. The molecule has 0 saturated carbocycles. The van der Waals surface area contributed by atoms with E-state index < -0.39 is 34.0 Å². The fourth-order valence-corrected chi connectivity index (χ4v) is 2.20. The summed E-state index contributed by atoms with van der Waals surface area (Å²) in [7, 11) is -3.95. The van der Waals surface area contributed by atoms with E-state index in [1.165, 1.54) is 12.1 Å². The van der Waals surface area contributed by atoms with Gasteiger partial charge in [-0.2, -0.15) is 0 Å². The van der Waals surface area contributed by atoms with Crippen LogP contribution in [0.25, 0.3) is 0 Å². The molecule has 0 saturated heterocycles. The van der Waals surface area contributed by atoms with Crippen LogP contribution in [0.1, 0.15) is 12.0 Å². The van der Waals surface area contributed by atoms with E-state index in [0.717, 1.165) is 5.56 Å². The van der Waals surface area contributed by atoms with Crippen LogP contribution in [-0.4, -0.2) is 26.0 Å². The van der Waals surface area contributed by atoms with Gasteiger partial charge in [0.25, 0.3) is 15.1 Å². The Morgan fingerprint density at radius 2 is 1.95 bits per heavy atom. The Bertz CT molecular complexity index is 566. The molecule has 0 unspecified atom stereocenters. The SMILES string of the molecule is Cc1ccc(S(=O)(=O)NC(=O)CCO[N+](=O)[O-])cc1. The lowest BCUT2D eigenvalue weighted by atomic mass is 10.2. The van der Waals surface area contributed by atoms with Crippen LogP contribution in [0, 0.1) is 17.0 Å². The number of hydrogen-bond donors (Lipinski definition) is 1. The summed E-state index contributed by atoms with van der Waals surface area (Å²) < 4.78 is 25.3. The minimum Gasteiger partial charge on any atom is -0.313 e. The molecule has 0 spiro atoms. The molecule has 1 rings (SSSR count). The molecule has 1 N–H and O–H groups in total. The lowest BCUT2D eigenvalue weighted by Gasteiger charge is -2.06. The second-order valence-corrected chi connectivity index (χ2v) is 5.33. The van der Waals surface area contributed by atoms with Crippen molar-refractivity contribution in [3.05, 3.63) is 39.9 Å². The summed E-state index contributed by atoms with van der Waals surface area (Å²) in [5, 5.41) is 8.80. The number of carbonyl (C=O) groups is 1. The monoisotopic (exact) mass is 288 g/mol. The third-order valence-corrected chi connectivity index (χ3v) is 3.49. The smallest absolute Gasteiger partial charge is 0.294 e. The Hall–Kier alpha value is -2.16. The van der Waals surface area contributed by atoms with Crippen molar-refractivity contribution in [3.63, 3.8) is 0 Å². The van der Waals surface area contributed by atoms with E-state index >= 15 is 0 Å². The summed E-state index contributed by atoms with van der Waals surface area (Å²) in [6.45, 7) is 1.30. The second-order valence-electron chi connectivity index (χ2n) is 3.65. The van der Waals surface area contributed by atoms with E-state index in [9.17, 15) is 23.3 Å². The maximum absolute atomic E-state index is 11.7. The molecule has 0 bridgehead atoms. The molecule has 0 radical (unpaired) electrons. The normalized spacial score (nSPS) is 10.8. The first-order valence-electron chi connectivity index (χ1n) is 5.21. The van der Waals surface area contributed by atoms with Gasteiger partial charge in [-0.05, 0) is 19.1 Å². The minimum absolute atomic E-state index is 0.0540. The van der Waals surface area contributed by atoms with Crippen molar-refractivity contribution < 1.29 is 23.1 Å². The summed E-state index contributed by atoms with van der Waals surface area (Å²) in [4.78, 5) is 25.0. The Morgan fingerprint density at radius 1 is 1.37 bits per heavy atom. The number of sulfonamides is 1. The summed E-state index contributed by atoms with van der Waals surface area (Å²) in [6.07, 6.45) is -0.425. The summed E-state index contributed by atoms with van der Waals surface area (Å²) >= 11 is 0. The highest BCUT2D eigenvalue weighted by Crippen LogP contribution is 2.09. The topological polar surface area (TPSA) is 116 Å². The first kappa shape index (κ1) is 14.9. The van der Waals surface area contributed by atoms with Crippen molar-refractivity contribution in [1.29, 1.82) is 0 Å². The predicted molar refractivity (Wildman–Crippen MR) is 64.1 cm³/mol. The van der Waals surface area contributed by atoms with Crippen molar-refractivity contribution in [2.75, 3.05) is 6.61 Å². The van der Waals surface area contributed by atoms with Crippen LogP contribution in [0.15, 0.2) is 29.2 Å². The van der Waals surface area contributed by atoms with Gasteiger partial charge >= 0.3 is 0 Å². The standard InChI is InChI=1S/C10H12N2O6S/c1-8-2-4-9(5-3-8)19(16,17)11-10(13)6-7-18-12(14)15/h2-5H,6-7H2,1H3,(H,11,13). The number of aryl methyl sites for hydroxylation is 1. The van der Waals surface area contributed by atoms with Crippen LogP contribution in [0.4, 0.5) is 0 Å². The van der Waals surface area contributed by atoms with Crippen LogP contribution in [0.2, 0.25) is 0 Å². The zero-order valence-corrected chi connectivity index (χ0v) is 10.8. The van der Waals surface area contributed by atoms with Crippen molar-refractivity contribution in [2.45, 2.75) is 18.2 Å². The number of nitrogens with zero attached hydrogens (tertiary/aromatic N) is 1. The maximum atomic E-state index is 11.7. The average molecular weight is 288 g/mol. The van der Waals surface area contributed by atoms with E-state index in [1.807, 2.05) is 0 Å². The second kappa shape index (κ2) is 6.14. The average Bonchev–Trinajstić information content (AvgIpc) is 2.28. The zero-order valence-electron chi connectivity index (χ0n) is 10.0. The van der Waals surface area contributed by atoms with Crippen molar-refractivity contribution in [2.24, 2.45) is 0 Å². The first-order valence-corrected chi connectivity index (χ1v) is 6.69. The van der Waals surface area contributed by atoms with E-state index in [-0.39, 0.29) is 4.90 Å². The number of hydrogen-bond acceptors (Lipinski definition) is 6. The van der Waals surface area contributed by atoms with Gasteiger partial charge in [0.15, 0.2) is 0 Å². The van der Waals surface area contributed by atoms with Gasteiger partial charge in [0.2, 0.25) is 5.91 Å². The third kappa shape index (κ3) is 4.92. The highest BCUT2D eigenvalue weighted by Gasteiger charge is 2.17. The molecule has 0 aliphatic rings. The largest absolute Gasteiger partial charge is 0.313 e. The number of carbonyl (C=O) groups excluding carboxylic acids is 1. The molecule has 1 aromatic rings. The summed E-state index contributed by atoms with van der Waals surface area (Å²) in [5.41, 5.74) is 0.879.